The summed E-state index contributed by atoms with van der Waals surface area (Å²) in [6.07, 6.45) is 2.31. The first-order valence-electron chi connectivity index (χ1n) is 4.48. The fraction of sp³-hybridized carbons (Fsp3) is 0.200. The minimum atomic E-state index is -0.398. The van der Waals surface area contributed by atoms with Crippen molar-refractivity contribution in [3.63, 3.8) is 0 Å². The zero-order valence-electron chi connectivity index (χ0n) is 8.06. The number of aryl methyl sites for hydroxylation is 1. The second-order valence-electron chi connectivity index (χ2n) is 3.11. The smallest absolute Gasteiger partial charge is 0.217 e. The minimum absolute atomic E-state index is 0.267. The molecule has 5 heteroatoms. The van der Waals surface area contributed by atoms with Crippen molar-refractivity contribution in [3.8, 4) is 11.5 Å². The van der Waals surface area contributed by atoms with Gasteiger partial charge < -0.3 is 10.2 Å². The van der Waals surface area contributed by atoms with E-state index in [1.807, 2.05) is 6.92 Å². The van der Waals surface area contributed by atoms with Crippen molar-refractivity contribution in [1.82, 2.24) is 9.78 Å². The van der Waals surface area contributed by atoms with Crippen LogP contribution in [0.3, 0.4) is 0 Å². The van der Waals surface area contributed by atoms with Gasteiger partial charge in [-0.25, -0.2) is 0 Å². The van der Waals surface area contributed by atoms with Crippen molar-refractivity contribution >= 4 is 10.9 Å². The Kier molecular flexibility index (Phi) is 2.07. The maximum atomic E-state index is 11.4. The van der Waals surface area contributed by atoms with Gasteiger partial charge in [0.05, 0.1) is 10.9 Å². The number of hydrogen-bond acceptors (Lipinski definition) is 4. The molecule has 0 amide bonds. The lowest BCUT2D eigenvalue weighted by molar-refractivity contribution is 0.404. The van der Waals surface area contributed by atoms with Gasteiger partial charge in [-0.2, -0.15) is 5.10 Å². The van der Waals surface area contributed by atoms with Crippen LogP contribution in [-0.2, 0) is 6.54 Å². The number of benzene rings is 1. The van der Waals surface area contributed by atoms with Crippen LogP contribution in [0.25, 0.3) is 10.9 Å². The van der Waals surface area contributed by atoms with Crippen molar-refractivity contribution in [3.05, 3.63) is 28.6 Å². The molecule has 2 aromatic rings. The van der Waals surface area contributed by atoms with Gasteiger partial charge in [0, 0.05) is 12.6 Å². The van der Waals surface area contributed by atoms with E-state index in [1.54, 1.807) is 0 Å². The fourth-order valence-corrected chi connectivity index (χ4v) is 1.42. The van der Waals surface area contributed by atoms with Crippen LogP contribution >= 0.6 is 0 Å². The Hall–Kier alpha value is -2.04. The number of nitrogens with zero attached hydrogens (tertiary/aromatic N) is 2. The van der Waals surface area contributed by atoms with Crippen LogP contribution in [0.2, 0.25) is 0 Å². The Morgan fingerprint density at radius 2 is 2.07 bits per heavy atom. The summed E-state index contributed by atoms with van der Waals surface area (Å²) >= 11 is 0. The third kappa shape index (κ3) is 1.41. The molecule has 0 saturated carbocycles. The molecule has 0 aliphatic heterocycles. The molecule has 2 N–H and O–H groups in total. The number of phenols is 2. The molecular weight excluding hydrogens is 196 g/mol. The summed E-state index contributed by atoms with van der Waals surface area (Å²) in [6, 6.07) is 2.54. The molecule has 0 atom stereocenters. The molecule has 0 bridgehead atoms. The summed E-state index contributed by atoms with van der Waals surface area (Å²) in [7, 11) is 0. The van der Waals surface area contributed by atoms with Crippen LogP contribution in [0.4, 0.5) is 0 Å². The van der Waals surface area contributed by atoms with E-state index in [4.69, 9.17) is 0 Å². The van der Waals surface area contributed by atoms with Crippen LogP contribution in [0.1, 0.15) is 6.92 Å². The highest BCUT2D eigenvalue weighted by atomic mass is 16.3. The van der Waals surface area contributed by atoms with Gasteiger partial charge in [0.1, 0.15) is 0 Å². The molecule has 1 aromatic carbocycles. The number of aromatic hydroxyl groups is 2. The maximum absolute atomic E-state index is 11.4. The molecular formula is C10H9N2O3. The molecule has 1 radical (unpaired) electrons. The topological polar surface area (TPSA) is 75.4 Å². The Bertz CT molecular complexity index is 575. The largest absolute Gasteiger partial charge is 0.504 e. The molecule has 0 aliphatic rings. The second kappa shape index (κ2) is 3.27. The quantitative estimate of drug-likeness (QED) is 0.669. The number of phenolic OH excluding ortho intramolecular Hbond substituents is 2. The maximum Gasteiger partial charge on any atom is 0.217 e. The number of aromatic nitrogens is 2. The van der Waals surface area contributed by atoms with Gasteiger partial charge in [0.15, 0.2) is 17.7 Å². The van der Waals surface area contributed by atoms with Crippen LogP contribution in [0, 0.1) is 6.20 Å². The van der Waals surface area contributed by atoms with Gasteiger partial charge in [-0.1, -0.05) is 0 Å². The van der Waals surface area contributed by atoms with Crippen molar-refractivity contribution < 1.29 is 10.2 Å². The molecule has 0 aliphatic carbocycles. The van der Waals surface area contributed by atoms with E-state index >= 15 is 0 Å². The minimum Gasteiger partial charge on any atom is -0.504 e. The average molecular weight is 205 g/mol. The van der Waals surface area contributed by atoms with Gasteiger partial charge >= 0.3 is 0 Å². The molecule has 2 rings (SSSR count). The molecule has 5 nitrogen and oxygen atoms in total. The first-order valence-corrected chi connectivity index (χ1v) is 4.48. The van der Waals surface area contributed by atoms with Crippen molar-refractivity contribution in [2.45, 2.75) is 13.5 Å². The molecule has 0 saturated heterocycles. The van der Waals surface area contributed by atoms with E-state index in [0.29, 0.717) is 17.4 Å². The standard InChI is InChI=1S/C10H9N2O3/c1-2-12-7-4-9(14)8(13)3-6(7)10(15)5-11-12/h3-4,13-14H,2H2,1H3. The van der Waals surface area contributed by atoms with Crippen molar-refractivity contribution in [2.24, 2.45) is 0 Å². The Morgan fingerprint density at radius 1 is 1.40 bits per heavy atom. The second-order valence-corrected chi connectivity index (χ2v) is 3.11. The first kappa shape index (κ1) is 9.51. The van der Waals surface area contributed by atoms with E-state index in [2.05, 4.69) is 11.3 Å². The molecule has 0 unspecified atom stereocenters. The van der Waals surface area contributed by atoms with Crippen LogP contribution in [-0.4, -0.2) is 20.0 Å². The van der Waals surface area contributed by atoms with Crippen molar-refractivity contribution in [1.29, 1.82) is 0 Å². The highest BCUT2D eigenvalue weighted by Gasteiger charge is 2.08. The predicted octanol–water partition coefficient (Wildman–Crippen LogP) is 0.628. The lowest BCUT2D eigenvalue weighted by Gasteiger charge is -2.06. The highest BCUT2D eigenvalue weighted by molar-refractivity contribution is 5.82. The highest BCUT2D eigenvalue weighted by Crippen LogP contribution is 2.27. The fourth-order valence-electron chi connectivity index (χ4n) is 1.42. The number of hydrogen-bond donors (Lipinski definition) is 2. The SMILES string of the molecule is CCn1n[c]c(=O)c2cc(O)c(O)cc21. The number of rotatable bonds is 1. The normalized spacial score (nSPS) is 10.7. The van der Waals surface area contributed by atoms with Crippen molar-refractivity contribution in [2.75, 3.05) is 0 Å². The van der Waals surface area contributed by atoms with Gasteiger partial charge in [-0.05, 0) is 13.0 Å². The first-order chi connectivity index (χ1) is 7.13. The lowest BCUT2D eigenvalue weighted by Crippen LogP contribution is -2.11. The molecule has 77 valence electrons. The number of fused-ring (bicyclic) bond motifs is 1. The third-order valence-electron chi connectivity index (χ3n) is 2.19. The van der Waals surface area contributed by atoms with Gasteiger partial charge in [-0.15, -0.1) is 0 Å². The average Bonchev–Trinajstić information content (AvgIpc) is 2.22. The van der Waals surface area contributed by atoms with E-state index in [9.17, 15) is 15.0 Å². The molecule has 15 heavy (non-hydrogen) atoms. The summed E-state index contributed by atoms with van der Waals surface area (Å²) < 4.78 is 1.52. The van der Waals surface area contributed by atoms with E-state index < -0.39 is 5.43 Å². The van der Waals surface area contributed by atoms with Crippen LogP contribution < -0.4 is 5.43 Å². The Morgan fingerprint density at radius 3 is 2.73 bits per heavy atom. The summed E-state index contributed by atoms with van der Waals surface area (Å²) in [5, 5.41) is 22.7. The lowest BCUT2D eigenvalue weighted by atomic mass is 10.2. The molecule has 1 aromatic heterocycles. The Labute approximate surface area is 85.2 Å². The van der Waals surface area contributed by atoms with Gasteiger partial charge in [0.25, 0.3) is 0 Å². The zero-order chi connectivity index (χ0) is 11.0. The summed E-state index contributed by atoms with van der Waals surface area (Å²) in [6.45, 7) is 2.41. The van der Waals surface area contributed by atoms with Gasteiger partial charge in [0.2, 0.25) is 5.43 Å². The third-order valence-corrected chi connectivity index (χ3v) is 2.19. The Balaban J connectivity index is 2.95. The molecule has 0 fully saturated rings. The monoisotopic (exact) mass is 205 g/mol. The summed E-state index contributed by atoms with van der Waals surface area (Å²) in [5.74, 6) is -0.584. The van der Waals surface area contributed by atoms with Crippen LogP contribution in [0.15, 0.2) is 16.9 Å². The zero-order valence-corrected chi connectivity index (χ0v) is 8.06. The van der Waals surface area contributed by atoms with E-state index in [1.165, 1.54) is 16.8 Å². The van der Waals surface area contributed by atoms with Crippen LogP contribution in [0.5, 0.6) is 11.5 Å². The van der Waals surface area contributed by atoms with E-state index in [-0.39, 0.29) is 11.5 Å². The molecule has 1 heterocycles. The molecule has 0 spiro atoms. The van der Waals surface area contributed by atoms with Gasteiger partial charge in [-0.3, -0.25) is 9.48 Å². The summed E-state index contributed by atoms with van der Waals surface area (Å²) in [4.78, 5) is 11.4. The van der Waals surface area contributed by atoms with E-state index in [0.717, 1.165) is 0 Å². The predicted molar refractivity (Wildman–Crippen MR) is 53.8 cm³/mol. The summed E-state index contributed by atoms with van der Waals surface area (Å²) in [5.41, 5.74) is 0.0848.